The van der Waals surface area contributed by atoms with Crippen molar-refractivity contribution >= 4 is 10.0 Å². The molecule has 0 radical (unpaired) electrons. The highest BCUT2D eigenvalue weighted by Crippen LogP contribution is 2.18. The summed E-state index contributed by atoms with van der Waals surface area (Å²) >= 11 is 0. The molecule has 1 aromatic heterocycles. The Hall–Kier alpha value is -1.70. The van der Waals surface area contributed by atoms with Crippen molar-refractivity contribution in [3.05, 3.63) is 42.2 Å². The SMILES string of the molecule is Cc1ccc(-n2cc(S(=O)(=O)N3CCNC(C)C3)cn2)cc1. The van der Waals surface area contributed by atoms with E-state index in [1.807, 2.05) is 38.1 Å². The van der Waals surface area contributed by atoms with Crippen molar-refractivity contribution in [1.82, 2.24) is 19.4 Å². The van der Waals surface area contributed by atoms with Crippen LogP contribution in [0.4, 0.5) is 0 Å². The quantitative estimate of drug-likeness (QED) is 0.922. The largest absolute Gasteiger partial charge is 0.312 e. The zero-order valence-corrected chi connectivity index (χ0v) is 13.5. The van der Waals surface area contributed by atoms with Crippen molar-refractivity contribution in [3.8, 4) is 5.69 Å². The van der Waals surface area contributed by atoms with Crippen LogP contribution >= 0.6 is 0 Å². The van der Waals surface area contributed by atoms with E-state index < -0.39 is 10.0 Å². The molecule has 0 spiro atoms. The van der Waals surface area contributed by atoms with E-state index in [9.17, 15) is 8.42 Å². The summed E-state index contributed by atoms with van der Waals surface area (Å²) in [4.78, 5) is 0.238. The van der Waals surface area contributed by atoms with Crippen LogP contribution in [0.15, 0.2) is 41.6 Å². The fraction of sp³-hybridized carbons (Fsp3) is 0.400. The number of rotatable bonds is 3. The Bertz CT molecular complexity index is 752. The number of hydrogen-bond acceptors (Lipinski definition) is 4. The van der Waals surface area contributed by atoms with Crippen LogP contribution < -0.4 is 5.32 Å². The van der Waals surface area contributed by atoms with Gasteiger partial charge in [-0.2, -0.15) is 9.40 Å². The molecular formula is C15H20N4O2S. The molecule has 1 atom stereocenters. The van der Waals surface area contributed by atoms with Gasteiger partial charge in [-0.15, -0.1) is 0 Å². The maximum absolute atomic E-state index is 12.7. The zero-order chi connectivity index (χ0) is 15.7. The van der Waals surface area contributed by atoms with Gasteiger partial charge in [0.2, 0.25) is 10.0 Å². The Morgan fingerprint density at radius 2 is 2.00 bits per heavy atom. The molecule has 3 rings (SSSR count). The first kappa shape index (κ1) is 15.2. The number of aromatic nitrogens is 2. The van der Waals surface area contributed by atoms with Crippen LogP contribution in [-0.2, 0) is 10.0 Å². The van der Waals surface area contributed by atoms with Gasteiger partial charge in [-0.25, -0.2) is 13.1 Å². The van der Waals surface area contributed by atoms with Crippen LogP contribution in [0, 0.1) is 6.92 Å². The van der Waals surface area contributed by atoms with E-state index in [2.05, 4.69) is 10.4 Å². The second kappa shape index (κ2) is 5.83. The van der Waals surface area contributed by atoms with E-state index in [0.29, 0.717) is 19.6 Å². The Kier molecular flexibility index (Phi) is 4.03. The third kappa shape index (κ3) is 2.92. The van der Waals surface area contributed by atoms with Gasteiger partial charge >= 0.3 is 0 Å². The van der Waals surface area contributed by atoms with Crippen LogP contribution in [0.5, 0.6) is 0 Å². The standard InChI is InChI=1S/C15H20N4O2S/c1-12-3-5-14(6-4-12)19-11-15(9-17-19)22(20,21)18-8-7-16-13(2)10-18/h3-6,9,11,13,16H,7-8,10H2,1-2H3. The highest BCUT2D eigenvalue weighted by molar-refractivity contribution is 7.89. The topological polar surface area (TPSA) is 67.2 Å². The number of hydrogen-bond donors (Lipinski definition) is 1. The Labute approximate surface area is 130 Å². The highest BCUT2D eigenvalue weighted by Gasteiger charge is 2.29. The van der Waals surface area contributed by atoms with Crippen LogP contribution in [0.1, 0.15) is 12.5 Å². The summed E-state index contributed by atoms with van der Waals surface area (Å²) in [7, 11) is -3.48. The van der Waals surface area contributed by atoms with E-state index in [4.69, 9.17) is 0 Å². The molecule has 6 nitrogen and oxygen atoms in total. The molecule has 0 bridgehead atoms. The maximum atomic E-state index is 12.7. The Balaban J connectivity index is 1.87. The lowest BCUT2D eigenvalue weighted by molar-refractivity contribution is 0.310. The van der Waals surface area contributed by atoms with Gasteiger partial charge in [0, 0.05) is 25.7 Å². The monoisotopic (exact) mass is 320 g/mol. The first-order valence-corrected chi connectivity index (χ1v) is 8.76. The van der Waals surface area contributed by atoms with Crippen LogP contribution in [0.2, 0.25) is 0 Å². The second-order valence-corrected chi connectivity index (χ2v) is 7.61. The van der Waals surface area contributed by atoms with Crippen LogP contribution in [0.3, 0.4) is 0 Å². The lowest BCUT2D eigenvalue weighted by atomic mass is 10.2. The number of piperazine rings is 1. The van der Waals surface area contributed by atoms with Crippen molar-refractivity contribution in [1.29, 1.82) is 0 Å². The predicted octanol–water partition coefficient (Wildman–Crippen LogP) is 1.16. The predicted molar refractivity (Wildman–Crippen MR) is 84.5 cm³/mol. The van der Waals surface area contributed by atoms with E-state index in [1.165, 1.54) is 10.5 Å². The minimum absolute atomic E-state index is 0.163. The average molecular weight is 320 g/mol. The van der Waals surface area contributed by atoms with Gasteiger partial charge in [0.15, 0.2) is 0 Å². The molecule has 0 saturated carbocycles. The molecule has 0 aliphatic carbocycles. The minimum Gasteiger partial charge on any atom is -0.312 e. The Morgan fingerprint density at radius 1 is 1.27 bits per heavy atom. The summed E-state index contributed by atoms with van der Waals surface area (Å²) in [6.45, 7) is 5.64. The van der Waals surface area contributed by atoms with Crippen molar-refractivity contribution in [3.63, 3.8) is 0 Å². The molecule has 1 saturated heterocycles. The molecule has 1 N–H and O–H groups in total. The van der Waals surface area contributed by atoms with Crippen molar-refractivity contribution < 1.29 is 8.42 Å². The number of aryl methyl sites for hydroxylation is 1. The van der Waals surface area contributed by atoms with E-state index in [1.54, 1.807) is 10.9 Å². The normalized spacial score (nSPS) is 20.2. The molecule has 1 aromatic carbocycles. The second-order valence-electron chi connectivity index (χ2n) is 5.67. The lowest BCUT2D eigenvalue weighted by Gasteiger charge is -2.30. The van der Waals surface area contributed by atoms with Crippen molar-refractivity contribution in [2.75, 3.05) is 19.6 Å². The number of nitrogens with one attached hydrogen (secondary N) is 1. The summed E-state index contributed by atoms with van der Waals surface area (Å²) in [5.41, 5.74) is 2.00. The molecule has 1 unspecified atom stereocenters. The molecule has 0 amide bonds. The summed E-state index contributed by atoms with van der Waals surface area (Å²) in [6.07, 6.45) is 2.99. The van der Waals surface area contributed by atoms with Gasteiger partial charge in [-0.1, -0.05) is 17.7 Å². The lowest BCUT2D eigenvalue weighted by Crippen LogP contribution is -2.51. The number of sulfonamides is 1. The molecular weight excluding hydrogens is 300 g/mol. The first-order chi connectivity index (χ1) is 10.5. The molecule has 1 aliphatic rings. The molecule has 2 heterocycles. The van der Waals surface area contributed by atoms with Gasteiger partial charge in [0.05, 0.1) is 18.1 Å². The molecule has 1 fully saturated rings. The van der Waals surface area contributed by atoms with Crippen molar-refractivity contribution in [2.24, 2.45) is 0 Å². The minimum atomic E-state index is -3.48. The molecule has 22 heavy (non-hydrogen) atoms. The third-order valence-electron chi connectivity index (χ3n) is 3.83. The summed E-state index contributed by atoms with van der Waals surface area (Å²) < 4.78 is 28.5. The van der Waals surface area contributed by atoms with Gasteiger partial charge < -0.3 is 5.32 Å². The van der Waals surface area contributed by atoms with E-state index in [0.717, 1.165) is 11.3 Å². The van der Waals surface area contributed by atoms with Gasteiger partial charge in [0.1, 0.15) is 4.90 Å². The molecule has 1 aliphatic heterocycles. The molecule has 2 aromatic rings. The Morgan fingerprint density at radius 3 is 2.68 bits per heavy atom. The van der Waals surface area contributed by atoms with Crippen LogP contribution in [0.25, 0.3) is 5.69 Å². The summed E-state index contributed by atoms with van der Waals surface area (Å²) in [5.74, 6) is 0. The summed E-state index contributed by atoms with van der Waals surface area (Å²) in [6, 6.07) is 7.96. The maximum Gasteiger partial charge on any atom is 0.246 e. The third-order valence-corrected chi connectivity index (χ3v) is 5.64. The zero-order valence-electron chi connectivity index (χ0n) is 12.7. The van der Waals surface area contributed by atoms with Gasteiger partial charge in [-0.05, 0) is 26.0 Å². The van der Waals surface area contributed by atoms with Gasteiger partial charge in [0.25, 0.3) is 0 Å². The first-order valence-electron chi connectivity index (χ1n) is 7.32. The van der Waals surface area contributed by atoms with Crippen LogP contribution in [-0.4, -0.2) is 48.2 Å². The smallest absolute Gasteiger partial charge is 0.246 e. The molecule has 118 valence electrons. The summed E-state index contributed by atoms with van der Waals surface area (Å²) in [5, 5.41) is 7.44. The number of nitrogens with zero attached hydrogens (tertiary/aromatic N) is 3. The van der Waals surface area contributed by atoms with E-state index >= 15 is 0 Å². The van der Waals surface area contributed by atoms with Crippen molar-refractivity contribution in [2.45, 2.75) is 24.8 Å². The average Bonchev–Trinajstić information content (AvgIpc) is 2.98. The number of benzene rings is 1. The highest BCUT2D eigenvalue weighted by atomic mass is 32.2. The van der Waals surface area contributed by atoms with E-state index in [-0.39, 0.29) is 10.9 Å². The van der Waals surface area contributed by atoms with Gasteiger partial charge in [-0.3, -0.25) is 0 Å². The molecule has 7 heteroatoms. The fourth-order valence-corrected chi connectivity index (χ4v) is 4.01. The fourth-order valence-electron chi connectivity index (χ4n) is 2.54.